The van der Waals surface area contributed by atoms with E-state index in [0.29, 0.717) is 30.9 Å². The van der Waals surface area contributed by atoms with Crippen LogP contribution in [-0.4, -0.2) is 59.3 Å². The number of carbonyl (C=O) groups excluding carboxylic acids is 1. The van der Waals surface area contributed by atoms with Crippen molar-refractivity contribution >= 4 is 11.8 Å². The smallest absolute Gasteiger partial charge is 0.410 e. The van der Waals surface area contributed by atoms with E-state index in [0.717, 1.165) is 18.5 Å². The summed E-state index contributed by atoms with van der Waals surface area (Å²) >= 11 is 0. The van der Waals surface area contributed by atoms with E-state index in [4.69, 9.17) is 4.74 Å². The van der Waals surface area contributed by atoms with Crippen LogP contribution in [0.1, 0.15) is 47.5 Å². The zero-order chi connectivity index (χ0) is 21.1. The molecule has 0 radical (unpaired) electrons. The fourth-order valence-electron chi connectivity index (χ4n) is 3.50. The van der Waals surface area contributed by atoms with Crippen molar-refractivity contribution in [3.63, 3.8) is 0 Å². The number of aliphatic imine (C=N–C) groups is 1. The summed E-state index contributed by atoms with van der Waals surface area (Å²) in [6, 6.07) is -0.0861. The minimum Gasteiger partial charge on any atom is -0.443 e. The Hall–Kier alpha value is -2.18. The van der Waals surface area contributed by atoms with Gasteiger partial charge in [0, 0.05) is 54.4 Å². The lowest BCUT2D eigenvalue weighted by Gasteiger charge is -2.41. The van der Waals surface area contributed by atoms with Gasteiger partial charge in [0.15, 0.2) is 0 Å². The number of piperazine rings is 1. The molecule has 1 unspecified atom stereocenters. The largest absolute Gasteiger partial charge is 0.443 e. The number of alkyl halides is 2. The highest BCUT2D eigenvalue weighted by atomic mass is 19.3. The van der Waals surface area contributed by atoms with Gasteiger partial charge in [-0.15, -0.1) is 0 Å². The van der Waals surface area contributed by atoms with E-state index in [2.05, 4.69) is 11.6 Å². The average Bonchev–Trinajstić information content (AvgIpc) is 3.35. The minimum atomic E-state index is -2.60. The van der Waals surface area contributed by atoms with E-state index in [1.54, 1.807) is 18.7 Å². The first kappa shape index (κ1) is 22.1. The van der Waals surface area contributed by atoms with Gasteiger partial charge in [-0.25, -0.2) is 13.6 Å². The van der Waals surface area contributed by atoms with Crippen LogP contribution in [0.2, 0.25) is 0 Å². The maximum Gasteiger partial charge on any atom is 0.410 e. The Morgan fingerprint density at radius 1 is 1.32 bits per heavy atom. The molecule has 2 rings (SSSR count). The molecule has 0 aromatic rings. The highest BCUT2D eigenvalue weighted by molar-refractivity contribution is 6.03. The van der Waals surface area contributed by atoms with E-state index in [1.165, 1.54) is 12.3 Å². The standard InChI is InChI=1S/C21H31F2N3O2/c1-7-17(19(22)23)18(15(4)24-8-2)16(5)25-11-12-26(14(3)13-25)20(27)28-21(6)9-10-21/h7-8,14,19H,2,9-13H2,1,3-6H3/b17-7+,18-16-,24-15-. The lowest BCUT2D eigenvalue weighted by atomic mass is 9.98. The Labute approximate surface area is 166 Å². The van der Waals surface area contributed by atoms with Crippen molar-refractivity contribution in [1.29, 1.82) is 0 Å². The second kappa shape index (κ2) is 8.88. The molecule has 7 heteroatoms. The summed E-state index contributed by atoms with van der Waals surface area (Å²) in [6.07, 6.45) is 1.70. The van der Waals surface area contributed by atoms with Crippen molar-refractivity contribution in [3.8, 4) is 0 Å². The van der Waals surface area contributed by atoms with Gasteiger partial charge in [-0.3, -0.25) is 4.99 Å². The highest BCUT2D eigenvalue weighted by Crippen LogP contribution is 2.39. The van der Waals surface area contributed by atoms with Gasteiger partial charge in [-0.05, 0) is 47.5 Å². The van der Waals surface area contributed by atoms with Crippen LogP contribution in [0.25, 0.3) is 0 Å². The molecule has 2 aliphatic rings. The molecule has 156 valence electrons. The molecule has 0 N–H and O–H groups in total. The second-order valence-electron chi connectivity index (χ2n) is 7.71. The van der Waals surface area contributed by atoms with E-state index in [9.17, 15) is 13.6 Å². The molecule has 1 aliphatic heterocycles. The van der Waals surface area contributed by atoms with Crippen molar-refractivity contribution in [3.05, 3.63) is 35.7 Å². The Morgan fingerprint density at radius 2 is 1.96 bits per heavy atom. The van der Waals surface area contributed by atoms with E-state index in [-0.39, 0.29) is 23.3 Å². The van der Waals surface area contributed by atoms with Gasteiger partial charge in [-0.2, -0.15) is 0 Å². The summed E-state index contributed by atoms with van der Waals surface area (Å²) in [5.41, 5.74) is 1.30. The van der Waals surface area contributed by atoms with Crippen molar-refractivity contribution in [2.45, 2.75) is 65.5 Å². The predicted octanol–water partition coefficient (Wildman–Crippen LogP) is 4.77. The lowest BCUT2D eigenvalue weighted by molar-refractivity contribution is 0.0301. The highest BCUT2D eigenvalue weighted by Gasteiger charge is 2.43. The Balaban J connectivity index is 2.23. The van der Waals surface area contributed by atoms with Gasteiger partial charge < -0.3 is 14.5 Å². The third-order valence-electron chi connectivity index (χ3n) is 5.47. The Morgan fingerprint density at radius 3 is 2.43 bits per heavy atom. The number of amides is 1. The molecule has 1 aliphatic carbocycles. The van der Waals surface area contributed by atoms with Crippen LogP contribution in [0, 0.1) is 0 Å². The molecule has 2 fully saturated rings. The van der Waals surface area contributed by atoms with Crippen molar-refractivity contribution in [2.24, 2.45) is 4.99 Å². The van der Waals surface area contributed by atoms with E-state index < -0.39 is 6.43 Å². The first-order valence-corrected chi connectivity index (χ1v) is 9.69. The summed E-state index contributed by atoms with van der Waals surface area (Å²) in [5.74, 6) is 0. The molecule has 0 bridgehead atoms. The summed E-state index contributed by atoms with van der Waals surface area (Å²) in [4.78, 5) is 20.3. The van der Waals surface area contributed by atoms with Crippen LogP contribution in [0.15, 0.2) is 40.7 Å². The first-order chi connectivity index (χ1) is 13.1. The molecular formula is C21H31F2N3O2. The van der Waals surface area contributed by atoms with Crippen LogP contribution < -0.4 is 0 Å². The topological polar surface area (TPSA) is 45.1 Å². The molecular weight excluding hydrogens is 364 g/mol. The minimum absolute atomic E-state index is 0.0447. The first-order valence-electron chi connectivity index (χ1n) is 9.69. The van der Waals surface area contributed by atoms with Gasteiger partial charge in [0.25, 0.3) is 6.43 Å². The number of halogens is 2. The Bertz CT molecular complexity index is 708. The fourth-order valence-corrected chi connectivity index (χ4v) is 3.50. The predicted molar refractivity (Wildman–Crippen MR) is 108 cm³/mol. The summed E-state index contributed by atoms with van der Waals surface area (Å²) in [6.45, 7) is 14.2. The third kappa shape index (κ3) is 5.00. The van der Waals surface area contributed by atoms with Crippen LogP contribution in [0.5, 0.6) is 0 Å². The number of carbonyl (C=O) groups is 1. The maximum atomic E-state index is 13.6. The summed E-state index contributed by atoms with van der Waals surface area (Å²) < 4.78 is 32.8. The van der Waals surface area contributed by atoms with Gasteiger partial charge >= 0.3 is 6.09 Å². The molecule has 1 heterocycles. The molecule has 1 atom stereocenters. The van der Waals surface area contributed by atoms with Crippen molar-refractivity contribution in [1.82, 2.24) is 9.80 Å². The zero-order valence-corrected chi connectivity index (χ0v) is 17.5. The number of rotatable bonds is 6. The monoisotopic (exact) mass is 395 g/mol. The summed E-state index contributed by atoms with van der Waals surface area (Å²) in [7, 11) is 0. The lowest BCUT2D eigenvalue weighted by Crippen LogP contribution is -2.54. The van der Waals surface area contributed by atoms with Crippen LogP contribution >= 0.6 is 0 Å². The number of hydrogen-bond donors (Lipinski definition) is 0. The molecule has 1 saturated heterocycles. The molecule has 1 saturated carbocycles. The van der Waals surface area contributed by atoms with Gasteiger partial charge in [0.2, 0.25) is 0 Å². The molecule has 0 spiro atoms. The van der Waals surface area contributed by atoms with Crippen LogP contribution in [0.4, 0.5) is 13.6 Å². The number of ether oxygens (including phenoxy) is 1. The Kier molecular flexibility index (Phi) is 7.01. The SMILES string of the molecule is C=C\N=C(C)/C(C(=C\C)/C(F)F)=C(\C)N1CCN(C(=O)OC2(C)CC2)C(C)C1. The molecule has 5 nitrogen and oxygen atoms in total. The molecule has 0 aromatic heterocycles. The van der Waals surface area contributed by atoms with Crippen LogP contribution in [0.3, 0.4) is 0 Å². The van der Waals surface area contributed by atoms with E-state index >= 15 is 0 Å². The molecule has 0 aromatic carbocycles. The summed E-state index contributed by atoms with van der Waals surface area (Å²) in [5, 5.41) is 0. The normalized spacial score (nSPS) is 23.5. The average molecular weight is 395 g/mol. The second-order valence-corrected chi connectivity index (χ2v) is 7.71. The third-order valence-corrected chi connectivity index (χ3v) is 5.47. The van der Waals surface area contributed by atoms with E-state index in [1.807, 2.05) is 25.7 Å². The molecule has 1 amide bonds. The van der Waals surface area contributed by atoms with Gasteiger partial charge in [0.05, 0.1) is 0 Å². The quantitative estimate of drug-likeness (QED) is 0.481. The van der Waals surface area contributed by atoms with Crippen molar-refractivity contribution < 1.29 is 18.3 Å². The van der Waals surface area contributed by atoms with Crippen molar-refractivity contribution in [2.75, 3.05) is 19.6 Å². The zero-order valence-electron chi connectivity index (χ0n) is 17.5. The fraction of sp³-hybridized carbons (Fsp3) is 0.619. The van der Waals surface area contributed by atoms with Gasteiger partial charge in [-0.1, -0.05) is 12.7 Å². The number of nitrogens with zero attached hydrogens (tertiary/aromatic N) is 3. The number of allylic oxidation sites excluding steroid dienone is 4. The molecule has 28 heavy (non-hydrogen) atoms. The van der Waals surface area contributed by atoms with Gasteiger partial charge in [0.1, 0.15) is 5.60 Å². The van der Waals surface area contributed by atoms with Crippen LogP contribution in [-0.2, 0) is 4.74 Å². The number of hydrogen-bond acceptors (Lipinski definition) is 4. The maximum absolute atomic E-state index is 13.6.